The van der Waals surface area contributed by atoms with Crippen molar-refractivity contribution in [1.82, 2.24) is 10.2 Å². The highest BCUT2D eigenvalue weighted by Gasteiger charge is 2.30. The van der Waals surface area contributed by atoms with Crippen LogP contribution in [0.3, 0.4) is 0 Å². The van der Waals surface area contributed by atoms with E-state index >= 15 is 0 Å². The van der Waals surface area contributed by atoms with E-state index in [1.807, 2.05) is 13.8 Å². The van der Waals surface area contributed by atoms with Crippen LogP contribution in [-0.4, -0.2) is 50.0 Å². The van der Waals surface area contributed by atoms with E-state index in [1.54, 1.807) is 49.4 Å². The van der Waals surface area contributed by atoms with Gasteiger partial charge in [0.15, 0.2) is 0 Å². The van der Waals surface area contributed by atoms with Gasteiger partial charge in [0.1, 0.15) is 12.6 Å². The van der Waals surface area contributed by atoms with Gasteiger partial charge in [-0.3, -0.25) is 13.9 Å². The maximum Gasteiger partial charge on any atom is 0.244 e. The van der Waals surface area contributed by atoms with Gasteiger partial charge in [0.2, 0.25) is 21.8 Å². The Morgan fingerprint density at radius 3 is 2.35 bits per heavy atom. The number of rotatable bonds is 10. The molecule has 0 aliphatic carbocycles. The van der Waals surface area contributed by atoms with Gasteiger partial charge in [-0.2, -0.15) is 0 Å². The fraction of sp³-hybridized carbons (Fsp3) is 0.391. The molecular formula is C23H28BrCl2N3O4S. The Morgan fingerprint density at radius 2 is 1.79 bits per heavy atom. The number of sulfonamides is 1. The first-order valence-corrected chi connectivity index (χ1v) is 14.0. The molecule has 2 amide bonds. The number of amides is 2. The highest BCUT2D eigenvalue weighted by molar-refractivity contribution is 9.10. The predicted octanol–water partition coefficient (Wildman–Crippen LogP) is 4.85. The minimum absolute atomic E-state index is 0.0000141. The zero-order valence-electron chi connectivity index (χ0n) is 19.4. The fourth-order valence-electron chi connectivity index (χ4n) is 3.13. The number of hydrogen-bond acceptors (Lipinski definition) is 4. The molecule has 0 spiro atoms. The Labute approximate surface area is 219 Å². The van der Waals surface area contributed by atoms with Gasteiger partial charge in [-0.25, -0.2) is 8.42 Å². The van der Waals surface area contributed by atoms with Crippen LogP contribution in [0.5, 0.6) is 0 Å². The van der Waals surface area contributed by atoms with E-state index in [2.05, 4.69) is 21.2 Å². The number of benzene rings is 2. The van der Waals surface area contributed by atoms with Crippen LogP contribution in [0.4, 0.5) is 5.69 Å². The molecule has 0 bridgehead atoms. The molecule has 186 valence electrons. The van der Waals surface area contributed by atoms with Gasteiger partial charge in [0.25, 0.3) is 0 Å². The molecule has 0 aliphatic heterocycles. The third kappa shape index (κ3) is 7.86. The van der Waals surface area contributed by atoms with Crippen molar-refractivity contribution in [2.24, 2.45) is 0 Å². The molecule has 2 aromatic rings. The van der Waals surface area contributed by atoms with Gasteiger partial charge in [-0.05, 0) is 56.2 Å². The van der Waals surface area contributed by atoms with Crippen LogP contribution in [0, 0.1) is 0 Å². The molecule has 7 nitrogen and oxygen atoms in total. The van der Waals surface area contributed by atoms with Crippen molar-refractivity contribution in [2.45, 2.75) is 45.8 Å². The molecule has 2 aromatic carbocycles. The number of halogens is 3. The predicted molar refractivity (Wildman–Crippen MR) is 141 cm³/mol. The Balaban J connectivity index is 2.42. The summed E-state index contributed by atoms with van der Waals surface area (Å²) in [4.78, 5) is 27.7. The first-order valence-electron chi connectivity index (χ1n) is 10.6. The van der Waals surface area contributed by atoms with Crippen LogP contribution in [0.15, 0.2) is 46.9 Å². The number of anilines is 1. The van der Waals surface area contributed by atoms with Crippen LogP contribution in [0.2, 0.25) is 10.0 Å². The summed E-state index contributed by atoms with van der Waals surface area (Å²) >= 11 is 15.6. The van der Waals surface area contributed by atoms with Crippen LogP contribution in [0.25, 0.3) is 0 Å². The molecule has 0 saturated heterocycles. The summed E-state index contributed by atoms with van der Waals surface area (Å²) in [5.41, 5.74) is 0.905. The largest absolute Gasteiger partial charge is 0.352 e. The monoisotopic (exact) mass is 591 g/mol. The van der Waals surface area contributed by atoms with E-state index in [-0.39, 0.29) is 18.5 Å². The second kappa shape index (κ2) is 12.2. The minimum Gasteiger partial charge on any atom is -0.352 e. The summed E-state index contributed by atoms with van der Waals surface area (Å²) in [5, 5.41) is 3.65. The average Bonchev–Trinajstić information content (AvgIpc) is 2.75. The summed E-state index contributed by atoms with van der Waals surface area (Å²) in [5.74, 6) is -0.899. The van der Waals surface area contributed by atoms with Crippen LogP contribution in [0.1, 0.15) is 32.8 Å². The van der Waals surface area contributed by atoms with Crippen molar-refractivity contribution in [3.63, 3.8) is 0 Å². The third-order valence-corrected chi connectivity index (χ3v) is 7.52. The number of nitrogens with one attached hydrogen (secondary N) is 1. The summed E-state index contributed by atoms with van der Waals surface area (Å²) in [6.07, 6.45) is 1.75. The minimum atomic E-state index is -3.80. The number of hydrogen-bond donors (Lipinski definition) is 1. The molecule has 0 saturated carbocycles. The van der Waals surface area contributed by atoms with Crippen molar-refractivity contribution < 1.29 is 18.0 Å². The zero-order chi connectivity index (χ0) is 25.6. The van der Waals surface area contributed by atoms with Crippen molar-refractivity contribution in [2.75, 3.05) is 17.1 Å². The van der Waals surface area contributed by atoms with E-state index in [0.29, 0.717) is 25.8 Å². The lowest BCUT2D eigenvalue weighted by Gasteiger charge is -2.32. The quantitative estimate of drug-likeness (QED) is 0.427. The van der Waals surface area contributed by atoms with Crippen LogP contribution >= 0.6 is 39.1 Å². The zero-order valence-corrected chi connectivity index (χ0v) is 23.3. The molecule has 34 heavy (non-hydrogen) atoms. The summed E-state index contributed by atoms with van der Waals surface area (Å²) in [6.45, 7) is 4.92. The Morgan fingerprint density at radius 1 is 1.12 bits per heavy atom. The van der Waals surface area contributed by atoms with E-state index in [0.717, 1.165) is 17.0 Å². The first kappa shape index (κ1) is 28.4. The topological polar surface area (TPSA) is 86.8 Å². The summed E-state index contributed by atoms with van der Waals surface area (Å²) in [7, 11) is -3.80. The van der Waals surface area contributed by atoms with Crippen molar-refractivity contribution in [3.8, 4) is 0 Å². The molecule has 2 atom stereocenters. The van der Waals surface area contributed by atoms with Gasteiger partial charge in [0.05, 0.1) is 11.9 Å². The van der Waals surface area contributed by atoms with Crippen LogP contribution < -0.4 is 9.62 Å². The van der Waals surface area contributed by atoms with Crippen molar-refractivity contribution in [1.29, 1.82) is 0 Å². The van der Waals surface area contributed by atoms with Crippen molar-refractivity contribution in [3.05, 3.63) is 62.5 Å². The first-order chi connectivity index (χ1) is 15.8. The molecule has 0 radical (unpaired) electrons. The normalized spacial score (nSPS) is 13.1. The number of carbonyl (C=O) groups is 2. The number of carbonyl (C=O) groups excluding carboxylic acids is 2. The van der Waals surface area contributed by atoms with E-state index in [1.165, 1.54) is 4.90 Å². The molecule has 2 rings (SSSR count). The van der Waals surface area contributed by atoms with Gasteiger partial charge >= 0.3 is 0 Å². The average molecular weight is 593 g/mol. The molecule has 0 fully saturated rings. The van der Waals surface area contributed by atoms with Gasteiger partial charge in [0, 0.05) is 27.1 Å². The highest BCUT2D eigenvalue weighted by atomic mass is 79.9. The van der Waals surface area contributed by atoms with Gasteiger partial charge in [-0.1, -0.05) is 58.2 Å². The molecule has 1 N–H and O–H groups in total. The summed E-state index contributed by atoms with van der Waals surface area (Å²) < 4.78 is 26.8. The Kier molecular flexibility index (Phi) is 10.2. The molecule has 0 heterocycles. The second-order valence-corrected chi connectivity index (χ2v) is 11.7. The van der Waals surface area contributed by atoms with Crippen molar-refractivity contribution >= 4 is 66.7 Å². The standard InChI is InChI=1S/C23H28BrCl2N3O4S/c1-5-15(2)27-23(31)16(3)28(13-17-9-10-19(25)12-21(17)26)22(30)14-29(34(4,32)33)20-8-6-7-18(24)11-20/h6-12,15-16H,5,13-14H2,1-4H3,(H,27,31). The second-order valence-electron chi connectivity index (χ2n) is 8.00. The molecule has 2 unspecified atom stereocenters. The SMILES string of the molecule is CCC(C)NC(=O)C(C)N(Cc1ccc(Cl)cc1Cl)C(=O)CN(c1cccc(Br)c1)S(C)(=O)=O. The maximum absolute atomic E-state index is 13.5. The lowest BCUT2D eigenvalue weighted by molar-refractivity contribution is -0.139. The summed E-state index contributed by atoms with van der Waals surface area (Å²) in [6, 6.07) is 10.5. The third-order valence-electron chi connectivity index (χ3n) is 5.30. The Bertz CT molecular complexity index is 1150. The van der Waals surface area contributed by atoms with E-state index < -0.39 is 28.5 Å². The number of nitrogens with zero attached hydrogens (tertiary/aromatic N) is 2. The molecular weight excluding hydrogens is 565 g/mol. The smallest absolute Gasteiger partial charge is 0.244 e. The molecule has 0 aromatic heterocycles. The van der Waals surface area contributed by atoms with Gasteiger partial charge < -0.3 is 10.2 Å². The molecule has 11 heteroatoms. The fourth-order valence-corrected chi connectivity index (χ4v) is 4.82. The maximum atomic E-state index is 13.5. The Hall–Kier alpha value is -1.81. The van der Waals surface area contributed by atoms with E-state index in [4.69, 9.17) is 23.2 Å². The lowest BCUT2D eigenvalue weighted by atomic mass is 10.1. The highest BCUT2D eigenvalue weighted by Crippen LogP contribution is 2.25. The lowest BCUT2D eigenvalue weighted by Crippen LogP contribution is -2.52. The van der Waals surface area contributed by atoms with Gasteiger partial charge in [-0.15, -0.1) is 0 Å². The van der Waals surface area contributed by atoms with Crippen LogP contribution in [-0.2, 0) is 26.2 Å². The van der Waals surface area contributed by atoms with E-state index in [9.17, 15) is 18.0 Å². The molecule has 0 aliphatic rings.